The average Bonchev–Trinajstić information content (AvgIpc) is 2.42. The van der Waals surface area contributed by atoms with E-state index >= 15 is 0 Å². The average molecular weight is 312 g/mol. The molecule has 1 heterocycles. The van der Waals surface area contributed by atoms with Crippen molar-refractivity contribution in [2.45, 2.75) is 11.4 Å². The second-order valence-electron chi connectivity index (χ2n) is 4.14. The lowest BCUT2D eigenvalue weighted by atomic mass is 10.2. The normalized spacial score (nSPS) is 11.3. The van der Waals surface area contributed by atoms with E-state index in [0.29, 0.717) is 12.2 Å². The minimum atomic E-state index is -3.72. The minimum Gasteiger partial charge on any atom is -0.316 e. The summed E-state index contributed by atoms with van der Waals surface area (Å²) in [5.41, 5.74) is 1.28. The Morgan fingerprint density at radius 1 is 1.20 bits per heavy atom. The molecular weight excluding hydrogens is 298 g/mol. The highest BCUT2D eigenvalue weighted by molar-refractivity contribution is 7.92. The summed E-state index contributed by atoms with van der Waals surface area (Å²) in [5.74, 6) is 0. The van der Waals surface area contributed by atoms with Gasteiger partial charge in [-0.05, 0) is 36.9 Å². The first-order valence-corrected chi connectivity index (χ1v) is 7.75. The molecule has 0 amide bonds. The molecule has 0 atom stereocenters. The third-order valence-electron chi connectivity index (χ3n) is 2.60. The maximum absolute atomic E-state index is 12.3. The fourth-order valence-electron chi connectivity index (χ4n) is 1.70. The van der Waals surface area contributed by atoms with Crippen molar-refractivity contribution in [1.29, 1.82) is 0 Å². The quantitative estimate of drug-likeness (QED) is 0.888. The Morgan fingerprint density at radius 2 is 1.90 bits per heavy atom. The van der Waals surface area contributed by atoms with Crippen molar-refractivity contribution in [2.24, 2.45) is 0 Å². The van der Waals surface area contributed by atoms with E-state index in [1.54, 1.807) is 37.4 Å². The molecule has 0 fully saturated rings. The molecule has 1 aromatic carbocycles. The molecule has 7 heteroatoms. The number of nitrogens with one attached hydrogen (secondary N) is 2. The van der Waals surface area contributed by atoms with Crippen molar-refractivity contribution in [3.8, 4) is 0 Å². The zero-order valence-electron chi connectivity index (χ0n) is 10.8. The first kappa shape index (κ1) is 14.8. The molecular formula is C13H14ClN3O2S. The maximum atomic E-state index is 12.3. The molecule has 2 aromatic rings. The number of halogens is 1. The van der Waals surface area contributed by atoms with E-state index in [0.717, 1.165) is 5.56 Å². The first-order chi connectivity index (χ1) is 9.53. The summed E-state index contributed by atoms with van der Waals surface area (Å²) in [6.45, 7) is 0.564. The van der Waals surface area contributed by atoms with Crippen molar-refractivity contribution in [3.05, 3.63) is 53.3 Å². The second kappa shape index (κ2) is 6.21. The molecule has 0 aliphatic heterocycles. The number of anilines is 1. The van der Waals surface area contributed by atoms with Gasteiger partial charge in [0.05, 0.1) is 10.7 Å². The molecule has 0 radical (unpaired) electrons. The predicted octanol–water partition coefficient (Wildman–Crippen LogP) is 2.26. The Morgan fingerprint density at radius 3 is 2.55 bits per heavy atom. The SMILES string of the molecule is CNCc1ccc(Cl)c(S(=O)(=O)Nc2ccncc2)c1. The third kappa shape index (κ3) is 3.47. The zero-order chi connectivity index (χ0) is 14.6. The van der Waals surface area contributed by atoms with E-state index in [1.807, 2.05) is 0 Å². The summed E-state index contributed by atoms with van der Waals surface area (Å²) in [4.78, 5) is 3.89. The van der Waals surface area contributed by atoms with Crippen LogP contribution in [-0.4, -0.2) is 20.4 Å². The number of hydrogen-bond acceptors (Lipinski definition) is 4. The number of hydrogen-bond donors (Lipinski definition) is 2. The molecule has 2 N–H and O–H groups in total. The summed E-state index contributed by atoms with van der Waals surface area (Å²) in [7, 11) is -1.93. The molecule has 0 unspecified atom stereocenters. The number of rotatable bonds is 5. The van der Waals surface area contributed by atoms with Gasteiger partial charge in [0.25, 0.3) is 10.0 Å². The molecule has 0 spiro atoms. The molecule has 20 heavy (non-hydrogen) atoms. The van der Waals surface area contributed by atoms with Crippen LogP contribution in [0.4, 0.5) is 5.69 Å². The van der Waals surface area contributed by atoms with Gasteiger partial charge in [0.15, 0.2) is 0 Å². The van der Waals surface area contributed by atoms with Crippen LogP contribution in [0.3, 0.4) is 0 Å². The van der Waals surface area contributed by atoms with Gasteiger partial charge in [-0.1, -0.05) is 17.7 Å². The van der Waals surface area contributed by atoms with Gasteiger partial charge in [-0.25, -0.2) is 8.42 Å². The van der Waals surface area contributed by atoms with E-state index in [2.05, 4.69) is 15.0 Å². The van der Waals surface area contributed by atoms with Crippen molar-refractivity contribution in [2.75, 3.05) is 11.8 Å². The van der Waals surface area contributed by atoms with Gasteiger partial charge in [0.2, 0.25) is 0 Å². The van der Waals surface area contributed by atoms with Gasteiger partial charge in [0, 0.05) is 18.9 Å². The largest absolute Gasteiger partial charge is 0.316 e. The van der Waals surface area contributed by atoms with Crippen LogP contribution in [0.5, 0.6) is 0 Å². The number of benzene rings is 1. The fraction of sp³-hybridized carbons (Fsp3) is 0.154. The van der Waals surface area contributed by atoms with Gasteiger partial charge in [0.1, 0.15) is 4.90 Å². The van der Waals surface area contributed by atoms with Gasteiger partial charge in [-0.2, -0.15) is 0 Å². The van der Waals surface area contributed by atoms with Crippen LogP contribution in [-0.2, 0) is 16.6 Å². The van der Waals surface area contributed by atoms with E-state index in [9.17, 15) is 8.42 Å². The molecule has 5 nitrogen and oxygen atoms in total. The van der Waals surface area contributed by atoms with Crippen LogP contribution < -0.4 is 10.0 Å². The summed E-state index contributed by atoms with van der Waals surface area (Å²) >= 11 is 6.00. The molecule has 2 rings (SSSR count). The summed E-state index contributed by atoms with van der Waals surface area (Å²) in [6.07, 6.45) is 3.02. The van der Waals surface area contributed by atoms with Gasteiger partial charge in [-0.15, -0.1) is 0 Å². The van der Waals surface area contributed by atoms with E-state index in [4.69, 9.17) is 11.6 Å². The van der Waals surface area contributed by atoms with Crippen LogP contribution in [0.1, 0.15) is 5.56 Å². The van der Waals surface area contributed by atoms with E-state index in [-0.39, 0.29) is 9.92 Å². The summed E-state index contributed by atoms with van der Waals surface area (Å²) < 4.78 is 27.2. The molecule has 0 aliphatic carbocycles. The standard InChI is InChI=1S/C13H14ClN3O2S/c1-15-9-10-2-3-12(14)13(8-10)20(18,19)17-11-4-6-16-7-5-11/h2-8,15H,9H2,1H3,(H,16,17). The topological polar surface area (TPSA) is 71.1 Å². The number of sulfonamides is 1. The predicted molar refractivity (Wildman–Crippen MR) is 79.3 cm³/mol. The van der Waals surface area contributed by atoms with Gasteiger partial charge in [-0.3, -0.25) is 9.71 Å². The molecule has 0 saturated heterocycles. The van der Waals surface area contributed by atoms with Gasteiger partial charge < -0.3 is 5.32 Å². The van der Waals surface area contributed by atoms with Crippen LogP contribution in [0.25, 0.3) is 0 Å². The van der Waals surface area contributed by atoms with Crippen molar-refractivity contribution in [1.82, 2.24) is 10.3 Å². The molecule has 0 aliphatic rings. The van der Waals surface area contributed by atoms with Crippen molar-refractivity contribution >= 4 is 27.3 Å². The lowest BCUT2D eigenvalue weighted by Gasteiger charge is -2.11. The zero-order valence-corrected chi connectivity index (χ0v) is 12.4. The fourth-order valence-corrected chi connectivity index (χ4v) is 3.31. The van der Waals surface area contributed by atoms with Crippen LogP contribution in [0.15, 0.2) is 47.6 Å². The number of nitrogens with zero attached hydrogens (tertiary/aromatic N) is 1. The van der Waals surface area contributed by atoms with Crippen molar-refractivity contribution < 1.29 is 8.42 Å². The Hall–Kier alpha value is -1.63. The Labute approximate surface area is 123 Å². The Kier molecular flexibility index (Phi) is 4.59. The molecule has 1 aromatic heterocycles. The summed E-state index contributed by atoms with van der Waals surface area (Å²) in [6, 6.07) is 8.06. The van der Waals surface area contributed by atoms with Crippen LogP contribution in [0, 0.1) is 0 Å². The number of pyridine rings is 1. The molecule has 0 saturated carbocycles. The van der Waals surface area contributed by atoms with E-state index in [1.165, 1.54) is 12.4 Å². The lowest BCUT2D eigenvalue weighted by Crippen LogP contribution is -2.14. The highest BCUT2D eigenvalue weighted by Gasteiger charge is 2.18. The Bertz CT molecular complexity index is 690. The monoisotopic (exact) mass is 311 g/mol. The van der Waals surface area contributed by atoms with Gasteiger partial charge >= 0.3 is 0 Å². The molecule has 0 bridgehead atoms. The maximum Gasteiger partial charge on any atom is 0.263 e. The van der Waals surface area contributed by atoms with Crippen molar-refractivity contribution in [3.63, 3.8) is 0 Å². The minimum absolute atomic E-state index is 0.0590. The second-order valence-corrected chi connectivity index (χ2v) is 6.19. The van der Waals surface area contributed by atoms with Crippen LogP contribution in [0.2, 0.25) is 5.02 Å². The number of aromatic nitrogens is 1. The smallest absolute Gasteiger partial charge is 0.263 e. The van der Waals surface area contributed by atoms with E-state index < -0.39 is 10.0 Å². The van der Waals surface area contributed by atoms with Crippen LogP contribution >= 0.6 is 11.6 Å². The highest BCUT2D eigenvalue weighted by Crippen LogP contribution is 2.24. The third-order valence-corrected chi connectivity index (χ3v) is 4.46. The lowest BCUT2D eigenvalue weighted by molar-refractivity contribution is 0.601. The first-order valence-electron chi connectivity index (χ1n) is 5.89. The Balaban J connectivity index is 2.36. The molecule has 106 valence electrons. The summed E-state index contributed by atoms with van der Waals surface area (Å²) in [5, 5.41) is 3.15. The highest BCUT2D eigenvalue weighted by atomic mass is 35.5.